The standard InChI is InChI=1S/C19H31N3O3S.ClH/c1-5-12-22(17-10-11-20-14-17)19(23)16-9-8-15(4)18(13-16)26(24,25)21(6-2)7-3;/h8-9,13,17,20H,5-7,10-12,14H2,1-4H3;1H. The zero-order chi connectivity index (χ0) is 19.3. The van der Waals surface area contributed by atoms with Crippen molar-refractivity contribution < 1.29 is 13.2 Å². The Hall–Kier alpha value is -1.15. The highest BCUT2D eigenvalue weighted by atomic mass is 35.5. The van der Waals surface area contributed by atoms with Gasteiger partial charge in [-0.2, -0.15) is 4.31 Å². The van der Waals surface area contributed by atoms with E-state index in [4.69, 9.17) is 0 Å². The fourth-order valence-corrected chi connectivity index (χ4v) is 5.18. The second-order valence-electron chi connectivity index (χ2n) is 6.71. The van der Waals surface area contributed by atoms with Crippen molar-refractivity contribution in [3.8, 4) is 0 Å². The highest BCUT2D eigenvalue weighted by Gasteiger charge is 2.29. The van der Waals surface area contributed by atoms with Gasteiger partial charge in [0.25, 0.3) is 5.91 Å². The molecular weight excluding hydrogens is 386 g/mol. The zero-order valence-electron chi connectivity index (χ0n) is 16.7. The summed E-state index contributed by atoms with van der Waals surface area (Å²) < 4.78 is 27.3. The molecule has 2 rings (SSSR count). The minimum atomic E-state index is -3.59. The average molecular weight is 418 g/mol. The second-order valence-corrected chi connectivity index (χ2v) is 8.62. The van der Waals surface area contributed by atoms with Crippen LogP contribution in [0.25, 0.3) is 0 Å². The molecule has 154 valence electrons. The summed E-state index contributed by atoms with van der Waals surface area (Å²) >= 11 is 0. The van der Waals surface area contributed by atoms with Crippen LogP contribution in [0.15, 0.2) is 23.1 Å². The molecule has 1 aromatic carbocycles. The van der Waals surface area contributed by atoms with Gasteiger partial charge in [0.2, 0.25) is 10.0 Å². The largest absolute Gasteiger partial charge is 0.334 e. The number of amides is 1. The first kappa shape index (κ1) is 23.9. The molecule has 27 heavy (non-hydrogen) atoms. The minimum Gasteiger partial charge on any atom is -0.334 e. The number of carbonyl (C=O) groups is 1. The van der Waals surface area contributed by atoms with Crippen molar-refractivity contribution in [3.05, 3.63) is 29.3 Å². The lowest BCUT2D eigenvalue weighted by Gasteiger charge is -2.28. The summed E-state index contributed by atoms with van der Waals surface area (Å²) in [6.45, 7) is 10.7. The van der Waals surface area contributed by atoms with Crippen LogP contribution in [-0.4, -0.2) is 62.3 Å². The molecule has 6 nitrogen and oxygen atoms in total. The van der Waals surface area contributed by atoms with Crippen molar-refractivity contribution in [1.82, 2.24) is 14.5 Å². The van der Waals surface area contributed by atoms with E-state index in [1.54, 1.807) is 25.1 Å². The van der Waals surface area contributed by atoms with Crippen LogP contribution in [0.1, 0.15) is 49.5 Å². The third-order valence-corrected chi connectivity index (χ3v) is 7.15. The number of aryl methyl sites for hydroxylation is 1. The van der Waals surface area contributed by atoms with E-state index in [1.807, 2.05) is 25.7 Å². The number of hydrogen-bond donors (Lipinski definition) is 1. The highest BCUT2D eigenvalue weighted by molar-refractivity contribution is 7.89. The first-order valence-electron chi connectivity index (χ1n) is 9.49. The molecule has 1 aliphatic heterocycles. The lowest BCUT2D eigenvalue weighted by molar-refractivity contribution is 0.0692. The van der Waals surface area contributed by atoms with E-state index < -0.39 is 10.0 Å². The number of halogens is 1. The van der Waals surface area contributed by atoms with Crippen LogP contribution >= 0.6 is 12.4 Å². The van der Waals surface area contributed by atoms with Gasteiger partial charge in [0.05, 0.1) is 4.90 Å². The van der Waals surface area contributed by atoms with Crippen molar-refractivity contribution in [2.24, 2.45) is 0 Å². The van der Waals surface area contributed by atoms with Gasteiger partial charge >= 0.3 is 0 Å². The number of sulfonamides is 1. The van der Waals surface area contributed by atoms with E-state index in [2.05, 4.69) is 5.32 Å². The Labute approximate surface area is 169 Å². The maximum Gasteiger partial charge on any atom is 0.254 e. The Bertz CT molecular complexity index is 730. The predicted molar refractivity (Wildman–Crippen MR) is 111 cm³/mol. The first-order valence-corrected chi connectivity index (χ1v) is 10.9. The normalized spacial score (nSPS) is 17.0. The molecule has 1 atom stereocenters. The number of nitrogens with zero attached hydrogens (tertiary/aromatic N) is 2. The van der Waals surface area contributed by atoms with Gasteiger partial charge in [0, 0.05) is 37.8 Å². The van der Waals surface area contributed by atoms with Gasteiger partial charge in [0.15, 0.2) is 0 Å². The SMILES string of the molecule is CCCN(C(=O)c1ccc(C)c(S(=O)(=O)N(CC)CC)c1)C1CCNC1.Cl. The Kier molecular flexibility index (Phi) is 9.21. The maximum absolute atomic E-state index is 13.1. The Morgan fingerprint density at radius 2 is 1.89 bits per heavy atom. The molecular formula is C19H32ClN3O3S. The maximum atomic E-state index is 13.1. The number of carbonyl (C=O) groups excluding carboxylic acids is 1. The molecule has 1 heterocycles. The molecule has 0 aliphatic carbocycles. The summed E-state index contributed by atoms with van der Waals surface area (Å²) in [5.41, 5.74) is 1.11. The Morgan fingerprint density at radius 1 is 1.22 bits per heavy atom. The van der Waals surface area contributed by atoms with Crippen molar-refractivity contribution in [2.45, 2.75) is 51.5 Å². The molecule has 1 aliphatic rings. The Balaban J connectivity index is 0.00000364. The average Bonchev–Trinajstić information content (AvgIpc) is 3.14. The van der Waals surface area contributed by atoms with Gasteiger partial charge < -0.3 is 10.2 Å². The molecule has 0 saturated carbocycles. The summed E-state index contributed by atoms with van der Waals surface area (Å²) in [6.07, 6.45) is 1.81. The van der Waals surface area contributed by atoms with Crippen LogP contribution in [0, 0.1) is 6.92 Å². The van der Waals surface area contributed by atoms with Gasteiger partial charge in [-0.25, -0.2) is 8.42 Å². The monoisotopic (exact) mass is 417 g/mol. The first-order chi connectivity index (χ1) is 12.4. The molecule has 1 fully saturated rings. The Morgan fingerprint density at radius 3 is 2.41 bits per heavy atom. The molecule has 1 aromatic rings. The molecule has 0 spiro atoms. The van der Waals surface area contributed by atoms with Crippen LogP contribution in [-0.2, 0) is 10.0 Å². The number of rotatable bonds is 8. The zero-order valence-corrected chi connectivity index (χ0v) is 18.3. The van der Waals surface area contributed by atoms with E-state index in [0.717, 1.165) is 25.9 Å². The lowest BCUT2D eigenvalue weighted by Crippen LogP contribution is -2.42. The smallest absolute Gasteiger partial charge is 0.254 e. The van der Waals surface area contributed by atoms with Crippen LogP contribution in [0.3, 0.4) is 0 Å². The van der Waals surface area contributed by atoms with Gasteiger partial charge in [-0.15, -0.1) is 12.4 Å². The molecule has 1 amide bonds. The van der Waals surface area contributed by atoms with E-state index >= 15 is 0 Å². The second kappa shape index (κ2) is 10.4. The van der Waals surface area contributed by atoms with Crippen LogP contribution in [0.4, 0.5) is 0 Å². The third kappa shape index (κ3) is 5.22. The van der Waals surface area contributed by atoms with E-state index in [0.29, 0.717) is 30.8 Å². The number of hydrogen-bond acceptors (Lipinski definition) is 4. The molecule has 0 bridgehead atoms. The van der Waals surface area contributed by atoms with Crippen LogP contribution in [0.5, 0.6) is 0 Å². The van der Waals surface area contributed by atoms with Crippen molar-refractivity contribution in [2.75, 3.05) is 32.7 Å². The van der Waals surface area contributed by atoms with Crippen LogP contribution < -0.4 is 5.32 Å². The van der Waals surface area contributed by atoms with Gasteiger partial charge in [-0.05, 0) is 44.0 Å². The van der Waals surface area contributed by atoms with E-state index in [9.17, 15) is 13.2 Å². The highest BCUT2D eigenvalue weighted by Crippen LogP contribution is 2.23. The summed E-state index contributed by atoms with van der Waals surface area (Å²) in [6, 6.07) is 5.20. The summed E-state index contributed by atoms with van der Waals surface area (Å²) in [4.78, 5) is 15.2. The van der Waals surface area contributed by atoms with E-state index in [1.165, 1.54) is 4.31 Å². The van der Waals surface area contributed by atoms with Crippen LogP contribution in [0.2, 0.25) is 0 Å². The third-order valence-electron chi connectivity index (χ3n) is 4.96. The topological polar surface area (TPSA) is 69.7 Å². The van der Waals surface area contributed by atoms with Crippen molar-refractivity contribution in [1.29, 1.82) is 0 Å². The fraction of sp³-hybridized carbons (Fsp3) is 0.632. The molecule has 1 saturated heterocycles. The molecule has 0 radical (unpaired) electrons. The predicted octanol–water partition coefficient (Wildman–Crippen LogP) is 2.66. The van der Waals surface area contributed by atoms with Gasteiger partial charge in [-0.1, -0.05) is 26.8 Å². The number of benzene rings is 1. The lowest BCUT2D eigenvalue weighted by atomic mass is 10.1. The van der Waals surface area contributed by atoms with Gasteiger partial charge in [-0.3, -0.25) is 4.79 Å². The minimum absolute atomic E-state index is 0. The van der Waals surface area contributed by atoms with Gasteiger partial charge in [0.1, 0.15) is 0 Å². The molecule has 0 aromatic heterocycles. The molecule has 1 unspecified atom stereocenters. The summed E-state index contributed by atoms with van der Waals surface area (Å²) in [5, 5.41) is 3.30. The summed E-state index contributed by atoms with van der Waals surface area (Å²) in [7, 11) is -3.59. The summed E-state index contributed by atoms with van der Waals surface area (Å²) in [5.74, 6) is -0.0865. The fourth-order valence-electron chi connectivity index (χ4n) is 3.48. The molecule has 8 heteroatoms. The van der Waals surface area contributed by atoms with E-state index in [-0.39, 0.29) is 29.3 Å². The molecule has 1 N–H and O–H groups in total. The van der Waals surface area contributed by atoms with Crippen molar-refractivity contribution in [3.63, 3.8) is 0 Å². The van der Waals surface area contributed by atoms with Crippen molar-refractivity contribution >= 4 is 28.3 Å². The number of nitrogens with one attached hydrogen (secondary N) is 1. The quantitative estimate of drug-likeness (QED) is 0.705.